The normalized spacial score (nSPS) is 19.2. The highest BCUT2D eigenvalue weighted by Crippen LogP contribution is 2.36. The molecule has 4 aromatic rings. The number of hydrogen-bond donors (Lipinski definition) is 2. The summed E-state index contributed by atoms with van der Waals surface area (Å²) in [6.07, 6.45) is 3.61. The summed E-state index contributed by atoms with van der Waals surface area (Å²) < 4.78 is 23.7. The molecule has 3 atom stereocenters. The average Bonchev–Trinajstić information content (AvgIpc) is 3.65. The van der Waals surface area contributed by atoms with Crippen molar-refractivity contribution in [2.75, 3.05) is 33.9 Å². The van der Waals surface area contributed by atoms with E-state index in [-0.39, 0.29) is 35.0 Å². The lowest BCUT2D eigenvalue weighted by Gasteiger charge is -2.45. The van der Waals surface area contributed by atoms with E-state index in [9.17, 15) is 14.8 Å². The predicted octanol–water partition coefficient (Wildman–Crippen LogP) is 6.19. The summed E-state index contributed by atoms with van der Waals surface area (Å²) in [6.45, 7) is 4.78. The Morgan fingerprint density at radius 2 is 1.72 bits per heavy atom. The van der Waals surface area contributed by atoms with E-state index >= 15 is 0 Å². The summed E-state index contributed by atoms with van der Waals surface area (Å²) >= 11 is 14.1. The molecule has 12 nitrogen and oxygen atoms in total. The van der Waals surface area contributed by atoms with Crippen molar-refractivity contribution >= 4 is 52.9 Å². The number of piperidine rings is 3. The van der Waals surface area contributed by atoms with Crippen molar-refractivity contribution in [3.8, 4) is 11.5 Å². The first-order valence-electron chi connectivity index (χ1n) is 16.9. The topological polar surface area (TPSA) is 151 Å². The van der Waals surface area contributed by atoms with E-state index in [0.29, 0.717) is 44.7 Å². The van der Waals surface area contributed by atoms with Crippen LogP contribution < -0.4 is 19.5 Å². The number of nitrogens with zero attached hydrogens (tertiary/aromatic N) is 2. The number of ether oxygens (including phenoxy) is 4. The van der Waals surface area contributed by atoms with Crippen LogP contribution in [0.4, 0.5) is 0 Å². The summed E-state index contributed by atoms with van der Waals surface area (Å²) in [7, 11) is 3.05. The Morgan fingerprint density at radius 3 is 2.32 bits per heavy atom. The summed E-state index contributed by atoms with van der Waals surface area (Å²) in [6, 6.07) is 18.3. The number of hydrogen-bond acceptors (Lipinski definition) is 11. The van der Waals surface area contributed by atoms with Crippen LogP contribution in [0, 0.1) is 11.1 Å². The first-order valence-corrected chi connectivity index (χ1v) is 18.5. The number of carbonyl (C=O) groups excluding carboxylic acids is 2. The summed E-state index contributed by atoms with van der Waals surface area (Å²) in [5, 5.41) is 22.5. The second kappa shape index (κ2) is 18.1. The molecule has 5 heterocycles. The SMILES string of the molecule is COc1ccc([C@H](Cc2c(Cl)c[n+]([O-])cc2Cl)OC(=O)c2ccc(CNC(C)(C(=O)O[C@H]3CN4CCC3CC4)c3ccccc3)s2)cc1OC.O=CO. The molecule has 2 bridgehead atoms. The Hall–Kier alpha value is -4.40. The van der Waals surface area contributed by atoms with Gasteiger partial charge in [0.05, 0.1) is 14.2 Å². The molecule has 53 heavy (non-hydrogen) atoms. The van der Waals surface area contributed by atoms with E-state index in [4.69, 9.17) is 52.1 Å². The van der Waals surface area contributed by atoms with Crippen molar-refractivity contribution in [2.24, 2.45) is 5.92 Å². The Bertz CT molecular complexity index is 1860. The number of methoxy groups -OCH3 is 2. The van der Waals surface area contributed by atoms with Crippen LogP contribution in [-0.4, -0.2) is 68.4 Å². The lowest BCUT2D eigenvalue weighted by Crippen LogP contribution is -2.55. The molecule has 282 valence electrons. The predicted molar refractivity (Wildman–Crippen MR) is 200 cm³/mol. The van der Waals surface area contributed by atoms with E-state index in [0.717, 1.165) is 42.9 Å². The van der Waals surface area contributed by atoms with E-state index in [1.54, 1.807) is 24.3 Å². The fraction of sp³-hybridized carbons (Fsp3) is 0.368. The molecule has 2 aromatic heterocycles. The smallest absolute Gasteiger partial charge is 0.348 e. The van der Waals surface area contributed by atoms with Crippen molar-refractivity contribution in [1.82, 2.24) is 10.2 Å². The van der Waals surface area contributed by atoms with Crippen molar-refractivity contribution in [3.05, 3.63) is 115 Å². The van der Waals surface area contributed by atoms with Crippen LogP contribution in [0.1, 0.15) is 57.1 Å². The number of benzene rings is 2. The highest BCUT2D eigenvalue weighted by molar-refractivity contribution is 7.13. The lowest BCUT2D eigenvalue weighted by molar-refractivity contribution is -0.605. The molecule has 0 saturated carbocycles. The molecular weight excluding hydrogens is 745 g/mol. The quantitative estimate of drug-likeness (QED) is 0.0692. The average molecular weight is 787 g/mol. The van der Waals surface area contributed by atoms with Crippen LogP contribution in [0.2, 0.25) is 10.0 Å². The third kappa shape index (κ3) is 9.59. The molecular formula is C38H41Cl2N3O9S. The van der Waals surface area contributed by atoms with Crippen LogP contribution in [0.15, 0.2) is 73.1 Å². The Morgan fingerprint density at radius 1 is 1.06 bits per heavy atom. The van der Waals surface area contributed by atoms with Gasteiger partial charge in [-0.05, 0) is 74.2 Å². The third-order valence-electron chi connectivity index (χ3n) is 9.57. The van der Waals surface area contributed by atoms with Gasteiger partial charge in [-0.1, -0.05) is 59.6 Å². The van der Waals surface area contributed by atoms with Gasteiger partial charge < -0.3 is 29.3 Å². The highest BCUT2D eigenvalue weighted by Gasteiger charge is 2.42. The molecule has 15 heteroatoms. The van der Waals surface area contributed by atoms with Crippen molar-refractivity contribution < 1.29 is 43.2 Å². The van der Waals surface area contributed by atoms with E-state index in [2.05, 4.69) is 10.2 Å². The number of carbonyl (C=O) groups is 3. The number of aromatic nitrogens is 1. The highest BCUT2D eigenvalue weighted by atomic mass is 35.5. The van der Waals surface area contributed by atoms with E-state index in [1.807, 2.05) is 43.3 Å². The van der Waals surface area contributed by atoms with Crippen LogP contribution in [0.5, 0.6) is 11.5 Å². The van der Waals surface area contributed by atoms with Crippen LogP contribution in [0.3, 0.4) is 0 Å². The lowest BCUT2D eigenvalue weighted by atomic mass is 9.85. The number of carboxylic acid groups (broad SMARTS) is 1. The minimum Gasteiger partial charge on any atom is -0.619 e. The summed E-state index contributed by atoms with van der Waals surface area (Å²) in [5.41, 5.74) is 0.739. The number of fused-ring (bicyclic) bond motifs is 3. The van der Waals surface area contributed by atoms with Gasteiger partial charge in [-0.2, -0.15) is 4.73 Å². The summed E-state index contributed by atoms with van der Waals surface area (Å²) in [5.74, 6) is 0.462. The molecule has 0 amide bonds. The number of nitrogens with one attached hydrogen (secondary N) is 1. The second-order valence-corrected chi connectivity index (χ2v) is 14.8. The van der Waals surface area contributed by atoms with Gasteiger partial charge in [0, 0.05) is 30.0 Å². The largest absolute Gasteiger partial charge is 0.619 e. The molecule has 7 rings (SSSR count). The van der Waals surface area contributed by atoms with Gasteiger partial charge in [-0.3, -0.25) is 15.0 Å². The van der Waals surface area contributed by atoms with Crippen molar-refractivity contribution in [2.45, 2.75) is 50.5 Å². The molecule has 0 aliphatic carbocycles. The Balaban J connectivity index is 0.00000175. The zero-order chi connectivity index (χ0) is 38.1. The first kappa shape index (κ1) is 39.8. The standard InChI is InChI=1S/C37H39Cl2N3O7S.CH2O2/c1-37(25-7-5-4-6-8-25,36(44)49-33-22-41-15-13-23(33)14-16-41)40-19-26-10-12-34(50-26)35(43)48-31(18-27-28(38)20-42(45)21-29(27)39)24-9-11-30(46-2)32(17-24)47-3;2-1-3/h4-12,17,20-21,23,31,33,40H,13-16,18-19,22H2,1-3H3;1H,(H,2,3)/t31-,33-,37?;/m0./s1. The molecule has 0 spiro atoms. The molecule has 2 aromatic carbocycles. The molecule has 3 aliphatic rings. The minimum atomic E-state index is -1.12. The number of rotatable bonds is 13. The molecule has 0 radical (unpaired) electrons. The number of halogens is 2. The maximum atomic E-state index is 13.9. The van der Waals surface area contributed by atoms with E-state index < -0.39 is 17.6 Å². The van der Waals surface area contributed by atoms with Gasteiger partial charge in [-0.25, -0.2) is 9.59 Å². The van der Waals surface area contributed by atoms with E-state index in [1.165, 1.54) is 38.0 Å². The van der Waals surface area contributed by atoms with Crippen molar-refractivity contribution in [1.29, 1.82) is 0 Å². The van der Waals surface area contributed by atoms with Gasteiger partial charge in [0.15, 0.2) is 23.9 Å². The number of thiophene rings is 1. The zero-order valence-corrected chi connectivity index (χ0v) is 31.8. The van der Waals surface area contributed by atoms with Gasteiger partial charge in [-0.15, -0.1) is 11.3 Å². The Labute approximate surface area is 321 Å². The minimum absolute atomic E-state index is 0.0939. The van der Waals surface area contributed by atoms with Gasteiger partial charge in [0.1, 0.15) is 32.7 Å². The molecule has 3 fully saturated rings. The first-order chi connectivity index (χ1) is 25.5. The fourth-order valence-electron chi connectivity index (χ4n) is 6.59. The molecule has 1 unspecified atom stereocenters. The number of pyridine rings is 1. The van der Waals surface area contributed by atoms with Gasteiger partial charge in [0.2, 0.25) is 0 Å². The third-order valence-corrected chi connectivity index (χ3v) is 11.3. The molecule has 2 N–H and O–H groups in total. The molecule has 3 saturated heterocycles. The zero-order valence-electron chi connectivity index (χ0n) is 29.5. The van der Waals surface area contributed by atoms with Crippen LogP contribution >= 0.6 is 34.5 Å². The summed E-state index contributed by atoms with van der Waals surface area (Å²) in [4.78, 5) is 39.4. The monoisotopic (exact) mass is 785 g/mol. The molecule has 3 aliphatic heterocycles. The van der Waals surface area contributed by atoms with Gasteiger partial charge >= 0.3 is 11.9 Å². The van der Waals surface area contributed by atoms with Crippen LogP contribution in [0.25, 0.3) is 0 Å². The van der Waals surface area contributed by atoms with Crippen LogP contribution in [-0.2, 0) is 37.6 Å². The fourth-order valence-corrected chi connectivity index (χ4v) is 8.02. The maximum Gasteiger partial charge on any atom is 0.348 e. The number of esters is 2. The Kier molecular flexibility index (Phi) is 13.6. The van der Waals surface area contributed by atoms with Crippen molar-refractivity contribution in [3.63, 3.8) is 0 Å². The second-order valence-electron chi connectivity index (χ2n) is 12.8. The maximum absolute atomic E-state index is 13.9. The van der Waals surface area contributed by atoms with Gasteiger partial charge in [0.25, 0.3) is 6.47 Å².